The number of allylic oxidation sites excluding steroid dienone is 1. The molecule has 4 heteroatoms. The van der Waals surface area contributed by atoms with Gasteiger partial charge in [-0.05, 0) is 97.5 Å². The number of nitrogens with two attached hydrogens (primary N) is 1. The van der Waals surface area contributed by atoms with Crippen LogP contribution in [0.3, 0.4) is 0 Å². The molecule has 0 bridgehead atoms. The second-order valence-corrected chi connectivity index (χ2v) is 9.36. The van der Waals surface area contributed by atoms with E-state index in [4.69, 9.17) is 5.73 Å². The van der Waals surface area contributed by atoms with E-state index in [1.165, 1.54) is 37.7 Å². The van der Waals surface area contributed by atoms with Gasteiger partial charge >= 0.3 is 0 Å². The first-order valence-corrected chi connectivity index (χ1v) is 11.6. The van der Waals surface area contributed by atoms with Crippen molar-refractivity contribution >= 4 is 0 Å². The summed E-state index contributed by atoms with van der Waals surface area (Å²) >= 11 is 0. The molecule has 0 aromatic heterocycles. The van der Waals surface area contributed by atoms with Crippen LogP contribution in [0.4, 0.5) is 0 Å². The van der Waals surface area contributed by atoms with E-state index >= 15 is 0 Å². The Balaban J connectivity index is 2.18. The molecule has 0 amide bonds. The van der Waals surface area contributed by atoms with Crippen molar-refractivity contribution in [2.75, 3.05) is 14.1 Å². The van der Waals surface area contributed by atoms with Crippen molar-refractivity contribution in [3.63, 3.8) is 0 Å². The SMILES string of the molecule is C=C(C(C)N/C=C\C)C(C1CCC(N)CC1)N(C)C(C)C1CC[C@@H](CC)N1C. The smallest absolute Gasteiger partial charge is 0.0452 e. The van der Waals surface area contributed by atoms with Crippen LogP contribution >= 0.6 is 0 Å². The Labute approximate surface area is 174 Å². The molecule has 1 aliphatic heterocycles. The van der Waals surface area contributed by atoms with Crippen LogP contribution in [0.2, 0.25) is 0 Å². The van der Waals surface area contributed by atoms with Gasteiger partial charge in [-0.2, -0.15) is 0 Å². The first-order chi connectivity index (χ1) is 13.3. The number of nitrogens with one attached hydrogen (secondary N) is 1. The lowest BCUT2D eigenvalue weighted by Gasteiger charge is -2.45. The zero-order valence-corrected chi connectivity index (χ0v) is 19.3. The van der Waals surface area contributed by atoms with Gasteiger partial charge in [0.15, 0.2) is 0 Å². The van der Waals surface area contributed by atoms with Crippen LogP contribution in [0.15, 0.2) is 24.4 Å². The summed E-state index contributed by atoms with van der Waals surface area (Å²) in [5.74, 6) is 0.656. The van der Waals surface area contributed by atoms with E-state index in [2.05, 4.69) is 69.6 Å². The summed E-state index contributed by atoms with van der Waals surface area (Å²) in [6, 6.07) is 2.96. The van der Waals surface area contributed by atoms with Crippen molar-refractivity contribution in [1.82, 2.24) is 15.1 Å². The van der Waals surface area contributed by atoms with E-state index in [0.717, 1.165) is 18.9 Å². The van der Waals surface area contributed by atoms with Gasteiger partial charge in [-0.1, -0.05) is 19.6 Å². The van der Waals surface area contributed by atoms with Gasteiger partial charge in [0.05, 0.1) is 0 Å². The predicted octanol–water partition coefficient (Wildman–Crippen LogP) is 4.13. The highest BCUT2D eigenvalue weighted by atomic mass is 15.3. The maximum atomic E-state index is 6.22. The van der Waals surface area contributed by atoms with Crippen LogP contribution in [0.5, 0.6) is 0 Å². The van der Waals surface area contributed by atoms with Crippen molar-refractivity contribution in [1.29, 1.82) is 0 Å². The van der Waals surface area contributed by atoms with E-state index in [1.807, 2.05) is 6.20 Å². The van der Waals surface area contributed by atoms with Gasteiger partial charge in [0.2, 0.25) is 0 Å². The summed E-state index contributed by atoms with van der Waals surface area (Å²) in [6.45, 7) is 13.6. The second kappa shape index (κ2) is 10.8. The molecule has 2 rings (SSSR count). The molecule has 2 aliphatic rings. The standard InChI is InChI=1S/C24H46N4/c1-8-16-26-18(4)17(3)24(20-10-12-21(25)13-11-20)27(6)19(5)23-15-14-22(9-2)28(23)7/h8,16,18-24,26H,3,9-15,25H2,1-2,4-7H3/b16-8-/t18?,19?,20?,21?,22-,23?,24?/m1/s1. The highest BCUT2D eigenvalue weighted by Gasteiger charge is 2.39. The molecule has 28 heavy (non-hydrogen) atoms. The van der Waals surface area contributed by atoms with Gasteiger partial charge in [-0.3, -0.25) is 9.80 Å². The van der Waals surface area contributed by atoms with E-state index in [-0.39, 0.29) is 6.04 Å². The lowest BCUT2D eigenvalue weighted by atomic mass is 9.77. The summed E-state index contributed by atoms with van der Waals surface area (Å²) in [4.78, 5) is 5.29. The number of nitrogens with zero attached hydrogens (tertiary/aromatic N) is 2. The maximum Gasteiger partial charge on any atom is 0.0452 e. The molecule has 162 valence electrons. The fourth-order valence-electron chi connectivity index (χ4n) is 5.60. The minimum Gasteiger partial charge on any atom is -0.385 e. The maximum absolute atomic E-state index is 6.22. The molecule has 5 atom stereocenters. The van der Waals surface area contributed by atoms with Crippen molar-refractivity contribution in [3.05, 3.63) is 24.4 Å². The second-order valence-electron chi connectivity index (χ2n) is 9.36. The average Bonchev–Trinajstić information content (AvgIpc) is 3.07. The van der Waals surface area contributed by atoms with E-state index in [0.29, 0.717) is 30.1 Å². The van der Waals surface area contributed by atoms with Gasteiger partial charge in [0.1, 0.15) is 0 Å². The third-order valence-electron chi connectivity index (χ3n) is 7.72. The van der Waals surface area contributed by atoms with E-state index in [1.54, 1.807) is 0 Å². The van der Waals surface area contributed by atoms with Gasteiger partial charge in [0.25, 0.3) is 0 Å². The van der Waals surface area contributed by atoms with Gasteiger partial charge in [0, 0.05) is 36.3 Å². The lowest BCUT2D eigenvalue weighted by Crippen LogP contribution is -2.54. The van der Waals surface area contributed by atoms with Crippen molar-refractivity contribution < 1.29 is 0 Å². The van der Waals surface area contributed by atoms with Crippen LogP contribution in [-0.2, 0) is 0 Å². The highest BCUT2D eigenvalue weighted by Crippen LogP contribution is 2.36. The molecule has 0 radical (unpaired) electrons. The Kier molecular flexibility index (Phi) is 9.04. The first-order valence-electron chi connectivity index (χ1n) is 11.6. The van der Waals surface area contributed by atoms with Crippen molar-refractivity contribution in [2.45, 2.75) is 109 Å². The summed E-state index contributed by atoms with van der Waals surface area (Å²) in [5, 5.41) is 3.51. The Hall–Kier alpha value is -0.840. The van der Waals surface area contributed by atoms with Crippen LogP contribution in [0.25, 0.3) is 0 Å². The molecule has 0 spiro atoms. The summed E-state index contributed by atoms with van der Waals surface area (Å²) in [7, 11) is 4.67. The molecule has 4 unspecified atom stereocenters. The topological polar surface area (TPSA) is 44.5 Å². The third kappa shape index (κ3) is 5.40. The average molecular weight is 391 g/mol. The molecular formula is C24H46N4. The van der Waals surface area contributed by atoms with Gasteiger partial charge in [-0.15, -0.1) is 0 Å². The van der Waals surface area contributed by atoms with Gasteiger partial charge in [-0.25, -0.2) is 0 Å². The molecule has 0 aromatic carbocycles. The number of hydrogen-bond donors (Lipinski definition) is 2. The van der Waals surface area contributed by atoms with Gasteiger partial charge < -0.3 is 11.1 Å². The quantitative estimate of drug-likeness (QED) is 0.581. The molecule has 1 saturated heterocycles. The summed E-state index contributed by atoms with van der Waals surface area (Å²) in [5.41, 5.74) is 7.54. The highest BCUT2D eigenvalue weighted by molar-refractivity contribution is 5.17. The molecule has 4 nitrogen and oxygen atoms in total. The zero-order valence-electron chi connectivity index (χ0n) is 19.3. The minimum absolute atomic E-state index is 0.274. The Morgan fingerprint density at radius 1 is 1.21 bits per heavy atom. The van der Waals surface area contributed by atoms with Crippen LogP contribution in [-0.4, -0.2) is 60.1 Å². The van der Waals surface area contributed by atoms with Crippen molar-refractivity contribution in [2.24, 2.45) is 11.7 Å². The molecule has 3 N–H and O–H groups in total. The molecular weight excluding hydrogens is 344 g/mol. The molecule has 1 saturated carbocycles. The van der Waals surface area contributed by atoms with E-state index < -0.39 is 0 Å². The normalized spacial score (nSPS) is 32.6. The fourth-order valence-corrected chi connectivity index (χ4v) is 5.60. The summed E-state index contributed by atoms with van der Waals surface area (Å²) < 4.78 is 0. The predicted molar refractivity (Wildman–Crippen MR) is 122 cm³/mol. The van der Waals surface area contributed by atoms with Crippen LogP contribution in [0.1, 0.15) is 72.6 Å². The molecule has 2 fully saturated rings. The molecule has 1 heterocycles. The first kappa shape index (κ1) is 23.4. The largest absolute Gasteiger partial charge is 0.385 e. The Morgan fingerprint density at radius 3 is 2.39 bits per heavy atom. The zero-order chi connectivity index (χ0) is 20.8. The molecule has 1 aliphatic carbocycles. The van der Waals surface area contributed by atoms with Crippen LogP contribution in [0, 0.1) is 5.92 Å². The number of hydrogen-bond acceptors (Lipinski definition) is 4. The third-order valence-corrected chi connectivity index (χ3v) is 7.72. The Morgan fingerprint density at radius 2 is 1.86 bits per heavy atom. The monoisotopic (exact) mass is 390 g/mol. The Bertz CT molecular complexity index is 509. The lowest BCUT2D eigenvalue weighted by molar-refractivity contribution is 0.0732. The van der Waals surface area contributed by atoms with Crippen molar-refractivity contribution in [3.8, 4) is 0 Å². The fraction of sp³-hybridized carbons (Fsp3) is 0.833. The number of likely N-dealkylation sites (N-methyl/N-ethyl adjacent to an activating group) is 2. The minimum atomic E-state index is 0.274. The summed E-state index contributed by atoms with van der Waals surface area (Å²) in [6.07, 6.45) is 12.7. The van der Waals surface area contributed by atoms with Crippen LogP contribution < -0.4 is 11.1 Å². The number of likely N-dealkylation sites (tertiary alicyclic amines) is 1. The molecule has 0 aromatic rings. The number of rotatable bonds is 9. The van der Waals surface area contributed by atoms with E-state index in [9.17, 15) is 0 Å².